The first-order valence-electron chi connectivity index (χ1n) is 6.55. The number of halogens is 1. The Labute approximate surface area is 123 Å². The smallest absolute Gasteiger partial charge is 0.151 e. The van der Waals surface area contributed by atoms with Crippen molar-refractivity contribution >= 4 is 36.4 Å². The lowest BCUT2D eigenvalue weighted by molar-refractivity contribution is 0.933. The van der Waals surface area contributed by atoms with Crippen molar-refractivity contribution < 1.29 is 0 Å². The van der Waals surface area contributed by atoms with Gasteiger partial charge in [0.05, 0.1) is 5.69 Å². The maximum atomic E-state index is 6.27. The molecule has 0 aliphatic carbocycles. The standard InChI is InChI=1S/C14H14BClN4/c1-2-17-13-7-12(9-5-3-4-6-11(9)16)19-14-10(15)8-18-20(13)14/h3-8,17H,2,15H2,1H3. The van der Waals surface area contributed by atoms with Crippen LogP contribution >= 0.6 is 11.6 Å². The van der Waals surface area contributed by atoms with Crippen LogP contribution in [0.2, 0.25) is 5.02 Å². The Kier molecular flexibility index (Phi) is 3.36. The van der Waals surface area contributed by atoms with Gasteiger partial charge >= 0.3 is 0 Å². The number of aromatic nitrogens is 3. The monoisotopic (exact) mass is 284 g/mol. The topological polar surface area (TPSA) is 42.2 Å². The summed E-state index contributed by atoms with van der Waals surface area (Å²) < 4.78 is 1.82. The average Bonchev–Trinajstić information content (AvgIpc) is 2.82. The summed E-state index contributed by atoms with van der Waals surface area (Å²) >= 11 is 6.27. The highest BCUT2D eigenvalue weighted by Gasteiger charge is 2.11. The predicted octanol–water partition coefficient (Wildman–Crippen LogP) is 1.74. The molecule has 0 aliphatic rings. The Morgan fingerprint density at radius 3 is 2.90 bits per heavy atom. The molecular weight excluding hydrogens is 270 g/mol. The highest BCUT2D eigenvalue weighted by Crippen LogP contribution is 2.28. The van der Waals surface area contributed by atoms with Gasteiger partial charge in [0, 0.05) is 29.4 Å². The number of anilines is 1. The molecule has 0 saturated heterocycles. The number of nitrogens with zero attached hydrogens (tertiary/aromatic N) is 3. The van der Waals surface area contributed by atoms with E-state index in [2.05, 4.69) is 22.3 Å². The molecule has 0 atom stereocenters. The van der Waals surface area contributed by atoms with E-state index >= 15 is 0 Å². The second kappa shape index (κ2) is 5.17. The van der Waals surface area contributed by atoms with Gasteiger partial charge in [-0.25, -0.2) is 4.98 Å². The zero-order valence-electron chi connectivity index (χ0n) is 11.4. The van der Waals surface area contributed by atoms with Gasteiger partial charge in [-0.2, -0.15) is 9.61 Å². The average molecular weight is 285 g/mol. The Morgan fingerprint density at radius 1 is 1.35 bits per heavy atom. The highest BCUT2D eigenvalue weighted by molar-refractivity contribution is 6.36. The van der Waals surface area contributed by atoms with Crippen LogP contribution in [0.3, 0.4) is 0 Å². The van der Waals surface area contributed by atoms with E-state index in [0.717, 1.165) is 34.7 Å². The van der Waals surface area contributed by atoms with Gasteiger partial charge in [0.15, 0.2) is 5.65 Å². The maximum Gasteiger partial charge on any atom is 0.151 e. The first-order chi connectivity index (χ1) is 9.70. The van der Waals surface area contributed by atoms with E-state index in [1.54, 1.807) is 0 Å². The maximum absolute atomic E-state index is 6.27. The minimum atomic E-state index is 0.698. The molecule has 0 unspecified atom stereocenters. The Hall–Kier alpha value is -2.01. The van der Waals surface area contributed by atoms with Crippen LogP contribution in [-0.4, -0.2) is 29.0 Å². The summed E-state index contributed by atoms with van der Waals surface area (Å²) in [6, 6.07) is 9.70. The number of nitrogens with one attached hydrogen (secondary N) is 1. The molecular formula is C14H14BClN4. The number of fused-ring (bicyclic) bond motifs is 1. The van der Waals surface area contributed by atoms with Crippen molar-refractivity contribution in [1.82, 2.24) is 14.6 Å². The summed E-state index contributed by atoms with van der Waals surface area (Å²) in [6.45, 7) is 2.87. The van der Waals surface area contributed by atoms with Gasteiger partial charge in [0.25, 0.3) is 0 Å². The third-order valence-electron chi connectivity index (χ3n) is 3.16. The summed E-state index contributed by atoms with van der Waals surface area (Å²) in [5, 5.41) is 8.36. The molecule has 1 N–H and O–H groups in total. The van der Waals surface area contributed by atoms with Crippen LogP contribution in [0.5, 0.6) is 0 Å². The third-order valence-corrected chi connectivity index (χ3v) is 3.49. The molecule has 3 rings (SSSR count). The van der Waals surface area contributed by atoms with Crippen molar-refractivity contribution in [2.75, 3.05) is 11.9 Å². The number of hydrogen-bond acceptors (Lipinski definition) is 3. The van der Waals surface area contributed by atoms with Crippen LogP contribution in [0.15, 0.2) is 36.5 Å². The van der Waals surface area contributed by atoms with E-state index in [0.29, 0.717) is 5.02 Å². The van der Waals surface area contributed by atoms with Gasteiger partial charge in [0.1, 0.15) is 13.7 Å². The van der Waals surface area contributed by atoms with E-state index in [4.69, 9.17) is 11.6 Å². The molecule has 0 radical (unpaired) electrons. The largest absolute Gasteiger partial charge is 0.370 e. The summed E-state index contributed by atoms with van der Waals surface area (Å²) in [4.78, 5) is 4.68. The van der Waals surface area contributed by atoms with Gasteiger partial charge in [0.2, 0.25) is 0 Å². The normalized spacial score (nSPS) is 10.9. The van der Waals surface area contributed by atoms with Gasteiger partial charge in [-0.15, -0.1) is 0 Å². The molecule has 0 aliphatic heterocycles. The van der Waals surface area contributed by atoms with Crippen LogP contribution in [0.25, 0.3) is 16.9 Å². The summed E-state index contributed by atoms with van der Waals surface area (Å²) in [5.74, 6) is 0.917. The van der Waals surface area contributed by atoms with Crippen LogP contribution in [0.4, 0.5) is 5.82 Å². The number of hydrogen-bond donors (Lipinski definition) is 1. The Morgan fingerprint density at radius 2 is 2.15 bits per heavy atom. The second-order valence-electron chi connectivity index (χ2n) is 4.60. The van der Waals surface area contributed by atoms with E-state index in [1.807, 2.05) is 48.9 Å². The molecule has 4 nitrogen and oxygen atoms in total. The zero-order chi connectivity index (χ0) is 14.1. The predicted molar refractivity (Wildman–Crippen MR) is 85.8 cm³/mol. The van der Waals surface area contributed by atoms with Crippen LogP contribution < -0.4 is 10.8 Å². The lowest BCUT2D eigenvalue weighted by Gasteiger charge is -2.10. The molecule has 1 aromatic carbocycles. The van der Waals surface area contributed by atoms with E-state index in [-0.39, 0.29) is 0 Å². The SMILES string of the molecule is Bc1cnn2c(NCC)cc(-c3ccccc3Cl)nc12. The Bertz CT molecular complexity index is 769. The van der Waals surface area contributed by atoms with Gasteiger partial charge in [-0.3, -0.25) is 0 Å². The van der Waals surface area contributed by atoms with Crippen LogP contribution in [0, 0.1) is 0 Å². The van der Waals surface area contributed by atoms with Crippen molar-refractivity contribution in [3.05, 3.63) is 41.6 Å². The molecule has 2 heterocycles. The number of benzene rings is 1. The van der Waals surface area contributed by atoms with Gasteiger partial charge < -0.3 is 5.32 Å². The first kappa shape index (κ1) is 13.0. The molecule has 0 saturated carbocycles. The van der Waals surface area contributed by atoms with Crippen molar-refractivity contribution in [1.29, 1.82) is 0 Å². The first-order valence-corrected chi connectivity index (χ1v) is 6.92. The Balaban J connectivity index is 2.26. The lowest BCUT2D eigenvalue weighted by atomic mass is 10.0. The molecule has 0 fully saturated rings. The summed E-state index contributed by atoms with van der Waals surface area (Å²) in [5.41, 5.74) is 3.66. The fourth-order valence-corrected chi connectivity index (χ4v) is 2.42. The van der Waals surface area contributed by atoms with E-state index in [9.17, 15) is 0 Å². The van der Waals surface area contributed by atoms with Gasteiger partial charge in [-0.1, -0.05) is 29.8 Å². The molecule has 20 heavy (non-hydrogen) atoms. The minimum absolute atomic E-state index is 0.698. The van der Waals surface area contributed by atoms with Crippen molar-refractivity contribution in [3.63, 3.8) is 0 Å². The minimum Gasteiger partial charge on any atom is -0.370 e. The summed E-state index contributed by atoms with van der Waals surface area (Å²) in [6.07, 6.45) is 1.82. The van der Waals surface area contributed by atoms with Gasteiger partial charge in [-0.05, 0) is 18.5 Å². The van der Waals surface area contributed by atoms with E-state index in [1.165, 1.54) is 0 Å². The zero-order valence-corrected chi connectivity index (χ0v) is 12.1. The van der Waals surface area contributed by atoms with Crippen LogP contribution in [0.1, 0.15) is 6.92 Å². The third kappa shape index (κ3) is 2.14. The fourth-order valence-electron chi connectivity index (χ4n) is 2.19. The molecule has 100 valence electrons. The number of rotatable bonds is 3. The molecule has 0 spiro atoms. The lowest BCUT2D eigenvalue weighted by Crippen LogP contribution is -2.09. The fraction of sp³-hybridized carbons (Fsp3) is 0.143. The molecule has 0 bridgehead atoms. The molecule has 0 amide bonds. The molecule has 2 aromatic heterocycles. The van der Waals surface area contributed by atoms with Crippen molar-refractivity contribution in [3.8, 4) is 11.3 Å². The quantitative estimate of drug-likeness (QED) is 0.745. The second-order valence-corrected chi connectivity index (χ2v) is 5.01. The molecule has 3 aromatic rings. The molecule has 6 heteroatoms. The van der Waals surface area contributed by atoms with Crippen molar-refractivity contribution in [2.24, 2.45) is 0 Å². The van der Waals surface area contributed by atoms with E-state index < -0.39 is 0 Å². The highest BCUT2D eigenvalue weighted by atomic mass is 35.5. The van der Waals surface area contributed by atoms with Crippen LogP contribution in [-0.2, 0) is 0 Å². The van der Waals surface area contributed by atoms with Crippen molar-refractivity contribution in [2.45, 2.75) is 6.92 Å². The summed E-state index contributed by atoms with van der Waals surface area (Å²) in [7, 11) is 2.00.